The van der Waals surface area contributed by atoms with Crippen LogP contribution in [-0.4, -0.2) is 19.3 Å². The molecule has 1 heterocycles. The molecule has 2 aromatic rings. The van der Waals surface area contributed by atoms with Crippen molar-refractivity contribution in [2.75, 3.05) is 18.0 Å². The summed E-state index contributed by atoms with van der Waals surface area (Å²) in [5.74, 6) is 0.745. The van der Waals surface area contributed by atoms with Gasteiger partial charge in [0.25, 0.3) is 0 Å². The van der Waals surface area contributed by atoms with Gasteiger partial charge in [0.15, 0.2) is 3.77 Å². The van der Waals surface area contributed by atoms with E-state index in [1.807, 2.05) is 18.2 Å². The first-order valence-corrected chi connectivity index (χ1v) is 8.35. The maximum Gasteiger partial charge on any atom is 0.178 e. The fourth-order valence-electron chi connectivity index (χ4n) is 1.90. The van der Waals surface area contributed by atoms with Crippen molar-refractivity contribution in [3.8, 4) is 0 Å². The average Bonchev–Trinajstić information content (AvgIpc) is 2.78. The lowest BCUT2D eigenvalue weighted by Gasteiger charge is -2.20. The Bertz CT molecular complexity index is 569. The summed E-state index contributed by atoms with van der Waals surface area (Å²) in [4.78, 5) is 6.73. The number of halogens is 2. The molecule has 0 saturated carbocycles. The van der Waals surface area contributed by atoms with Crippen LogP contribution in [-0.2, 0) is 0 Å². The van der Waals surface area contributed by atoms with Gasteiger partial charge < -0.3 is 9.32 Å². The Morgan fingerprint density at radius 1 is 1.25 bits per heavy atom. The second-order valence-corrected chi connectivity index (χ2v) is 6.05. The highest BCUT2D eigenvalue weighted by atomic mass is 127. The molecule has 2 rings (SSSR count). The minimum atomic E-state index is 0.745. The van der Waals surface area contributed by atoms with Crippen molar-refractivity contribution in [2.24, 2.45) is 4.99 Å². The predicted octanol–water partition coefficient (Wildman–Crippen LogP) is 5.24. The number of nitrogens with zero attached hydrogens (tertiary/aromatic N) is 2. The number of furan rings is 1. The van der Waals surface area contributed by atoms with Crippen molar-refractivity contribution >= 4 is 56.1 Å². The van der Waals surface area contributed by atoms with Gasteiger partial charge >= 0.3 is 0 Å². The summed E-state index contributed by atoms with van der Waals surface area (Å²) in [6.07, 6.45) is 1.74. The molecule has 0 spiro atoms. The van der Waals surface area contributed by atoms with E-state index in [0.717, 1.165) is 32.8 Å². The molecule has 0 N–H and O–H groups in total. The Morgan fingerprint density at radius 2 is 1.90 bits per heavy atom. The quantitative estimate of drug-likeness (QED) is 0.464. The number of aliphatic imine (C=N–C) groups is 1. The molecule has 0 fully saturated rings. The topological polar surface area (TPSA) is 28.7 Å². The SMILES string of the molecule is CCN(CC)c1ccc(N=Cc2cc(Br)c(I)o2)cc1. The Hall–Kier alpha value is -0.820. The van der Waals surface area contributed by atoms with Gasteiger partial charge in [-0.3, -0.25) is 4.99 Å². The minimum Gasteiger partial charge on any atom is -0.448 e. The van der Waals surface area contributed by atoms with E-state index < -0.39 is 0 Å². The summed E-state index contributed by atoms with van der Waals surface area (Å²) in [5.41, 5.74) is 2.15. The summed E-state index contributed by atoms with van der Waals surface area (Å²) in [6.45, 7) is 6.34. The molecule has 3 nitrogen and oxygen atoms in total. The van der Waals surface area contributed by atoms with E-state index in [9.17, 15) is 0 Å². The zero-order chi connectivity index (χ0) is 14.5. The molecule has 0 radical (unpaired) electrons. The third-order valence-electron chi connectivity index (χ3n) is 2.98. The molecule has 5 heteroatoms. The van der Waals surface area contributed by atoms with E-state index >= 15 is 0 Å². The second-order valence-electron chi connectivity index (χ2n) is 4.22. The van der Waals surface area contributed by atoms with Crippen LogP contribution in [0.4, 0.5) is 11.4 Å². The van der Waals surface area contributed by atoms with Gasteiger partial charge in [-0.2, -0.15) is 0 Å². The fourth-order valence-corrected chi connectivity index (χ4v) is 2.62. The van der Waals surface area contributed by atoms with E-state index in [1.54, 1.807) is 6.21 Å². The van der Waals surface area contributed by atoms with Crippen LogP contribution in [0, 0.1) is 3.77 Å². The third-order valence-corrected chi connectivity index (χ3v) is 5.11. The van der Waals surface area contributed by atoms with E-state index in [2.05, 4.69) is 74.4 Å². The van der Waals surface area contributed by atoms with Crippen LogP contribution >= 0.6 is 38.5 Å². The summed E-state index contributed by atoms with van der Waals surface area (Å²) < 4.78 is 7.30. The highest BCUT2D eigenvalue weighted by Gasteiger charge is 2.04. The standard InChI is InChI=1S/C15H16BrIN2O/c1-3-19(4-2)12-7-5-11(6-8-12)18-10-13-9-14(16)15(17)20-13/h5-10H,3-4H2,1-2H3. The molecule has 0 saturated heterocycles. The van der Waals surface area contributed by atoms with Gasteiger partial charge in [-0.15, -0.1) is 0 Å². The smallest absolute Gasteiger partial charge is 0.178 e. The van der Waals surface area contributed by atoms with E-state index in [1.165, 1.54) is 5.69 Å². The third kappa shape index (κ3) is 3.85. The van der Waals surface area contributed by atoms with Crippen molar-refractivity contribution in [2.45, 2.75) is 13.8 Å². The largest absolute Gasteiger partial charge is 0.448 e. The molecule has 0 amide bonds. The number of hydrogen-bond acceptors (Lipinski definition) is 3. The lowest BCUT2D eigenvalue weighted by Crippen LogP contribution is -2.21. The second kappa shape index (κ2) is 7.26. The Balaban J connectivity index is 2.10. The van der Waals surface area contributed by atoms with Gasteiger partial charge in [0, 0.05) is 47.4 Å². The van der Waals surface area contributed by atoms with Crippen LogP contribution in [0.3, 0.4) is 0 Å². The zero-order valence-corrected chi connectivity index (χ0v) is 15.2. The van der Waals surface area contributed by atoms with E-state index in [-0.39, 0.29) is 0 Å². The molecule has 1 aromatic heterocycles. The Kier molecular flexibility index (Phi) is 5.65. The lowest BCUT2D eigenvalue weighted by molar-refractivity contribution is 0.530. The molecule has 20 heavy (non-hydrogen) atoms. The Labute approximate surface area is 141 Å². The van der Waals surface area contributed by atoms with Crippen molar-refractivity contribution in [1.82, 2.24) is 0 Å². The molecule has 0 atom stereocenters. The van der Waals surface area contributed by atoms with Gasteiger partial charge in [-0.05, 0) is 54.0 Å². The lowest BCUT2D eigenvalue weighted by atomic mass is 10.2. The van der Waals surface area contributed by atoms with Gasteiger partial charge in [-0.25, -0.2) is 0 Å². The molecule has 1 aromatic carbocycles. The maximum absolute atomic E-state index is 5.52. The number of hydrogen-bond donors (Lipinski definition) is 0. The maximum atomic E-state index is 5.52. The summed E-state index contributed by atoms with van der Waals surface area (Å²) in [5, 5.41) is 0. The monoisotopic (exact) mass is 446 g/mol. The summed E-state index contributed by atoms with van der Waals surface area (Å²) >= 11 is 5.55. The van der Waals surface area contributed by atoms with Gasteiger partial charge in [0.2, 0.25) is 0 Å². The summed E-state index contributed by atoms with van der Waals surface area (Å²) in [6, 6.07) is 10.2. The normalized spacial score (nSPS) is 11.2. The van der Waals surface area contributed by atoms with Crippen molar-refractivity contribution in [1.29, 1.82) is 0 Å². The van der Waals surface area contributed by atoms with Gasteiger partial charge in [0.1, 0.15) is 5.76 Å². The van der Waals surface area contributed by atoms with Crippen LogP contribution in [0.25, 0.3) is 0 Å². The first-order chi connectivity index (χ1) is 9.63. The number of benzene rings is 1. The van der Waals surface area contributed by atoms with Crippen LogP contribution in [0.1, 0.15) is 19.6 Å². The van der Waals surface area contributed by atoms with Gasteiger partial charge in [0.05, 0.1) is 16.4 Å². The van der Waals surface area contributed by atoms with E-state index in [4.69, 9.17) is 4.42 Å². The van der Waals surface area contributed by atoms with Crippen molar-refractivity contribution < 1.29 is 4.42 Å². The highest BCUT2D eigenvalue weighted by Crippen LogP contribution is 2.23. The molecule has 0 aliphatic carbocycles. The first kappa shape index (κ1) is 15.6. The molecule has 0 aliphatic heterocycles. The average molecular weight is 447 g/mol. The van der Waals surface area contributed by atoms with Crippen LogP contribution in [0.15, 0.2) is 44.2 Å². The Morgan fingerprint density at radius 3 is 2.40 bits per heavy atom. The van der Waals surface area contributed by atoms with Crippen molar-refractivity contribution in [3.05, 3.63) is 44.3 Å². The molecule has 0 bridgehead atoms. The molecular weight excluding hydrogens is 431 g/mol. The fraction of sp³-hybridized carbons (Fsp3) is 0.267. The molecule has 106 valence electrons. The summed E-state index contributed by atoms with van der Waals surface area (Å²) in [7, 11) is 0. The van der Waals surface area contributed by atoms with Crippen LogP contribution in [0.2, 0.25) is 0 Å². The molecular formula is C15H16BrIN2O. The van der Waals surface area contributed by atoms with Crippen LogP contribution < -0.4 is 4.90 Å². The van der Waals surface area contributed by atoms with Crippen molar-refractivity contribution in [3.63, 3.8) is 0 Å². The zero-order valence-electron chi connectivity index (χ0n) is 11.4. The predicted molar refractivity (Wildman–Crippen MR) is 96.4 cm³/mol. The number of anilines is 1. The van der Waals surface area contributed by atoms with E-state index in [0.29, 0.717) is 0 Å². The minimum absolute atomic E-state index is 0.745. The molecule has 0 unspecified atom stereocenters. The van der Waals surface area contributed by atoms with Crippen LogP contribution in [0.5, 0.6) is 0 Å². The molecule has 0 aliphatic rings. The number of rotatable bonds is 5. The highest BCUT2D eigenvalue weighted by molar-refractivity contribution is 14.1. The van der Waals surface area contributed by atoms with Gasteiger partial charge in [-0.1, -0.05) is 0 Å². The first-order valence-electron chi connectivity index (χ1n) is 6.48.